The van der Waals surface area contributed by atoms with Crippen molar-refractivity contribution in [2.45, 2.75) is 0 Å². The fraction of sp³-hybridized carbons (Fsp3) is 0. The van der Waals surface area contributed by atoms with Crippen LogP contribution in [0.5, 0.6) is 0 Å². The summed E-state index contributed by atoms with van der Waals surface area (Å²) in [4.78, 5) is 18.4. The van der Waals surface area contributed by atoms with E-state index in [9.17, 15) is 14.3 Å². The largest absolute Gasteiger partial charge is 0.477 e. The highest BCUT2D eigenvalue weighted by Gasteiger charge is 2.21. The first kappa shape index (κ1) is 14.3. The summed E-state index contributed by atoms with van der Waals surface area (Å²) in [5.74, 6) is -1.56. The van der Waals surface area contributed by atoms with E-state index in [1.165, 1.54) is 12.1 Å². The van der Waals surface area contributed by atoms with Crippen LogP contribution in [-0.4, -0.2) is 21.0 Å². The number of hydrogen-bond acceptors (Lipinski definition) is 2. The number of nitrogens with zero attached hydrogens (tertiary/aromatic N) is 1. The van der Waals surface area contributed by atoms with Crippen LogP contribution in [0, 0.1) is 5.82 Å². The van der Waals surface area contributed by atoms with E-state index in [0.717, 1.165) is 0 Å². The summed E-state index contributed by atoms with van der Waals surface area (Å²) in [6.07, 6.45) is 0. The number of aromatic carboxylic acids is 1. The lowest BCUT2D eigenvalue weighted by atomic mass is 10.1. The number of aromatic nitrogens is 2. The van der Waals surface area contributed by atoms with Gasteiger partial charge in [0.15, 0.2) is 11.5 Å². The first-order chi connectivity index (χ1) is 10.6. The molecule has 4 nitrogen and oxygen atoms in total. The number of carboxylic acids is 1. The normalized spacial score (nSPS) is 10.6. The van der Waals surface area contributed by atoms with Crippen molar-refractivity contribution < 1.29 is 14.3 Å². The summed E-state index contributed by atoms with van der Waals surface area (Å²) >= 11 is 5.76. The number of carbonyl (C=O) groups is 1. The first-order valence-electron chi connectivity index (χ1n) is 6.41. The van der Waals surface area contributed by atoms with Crippen molar-refractivity contribution in [1.82, 2.24) is 9.97 Å². The molecule has 0 saturated heterocycles. The van der Waals surface area contributed by atoms with Crippen molar-refractivity contribution >= 4 is 17.6 Å². The SMILES string of the molecule is O=C(O)c1[nH]c(-c2ccccc2)nc1-c1cccc(Cl)c1F. The Hall–Kier alpha value is -2.66. The van der Waals surface area contributed by atoms with E-state index in [1.54, 1.807) is 30.3 Å². The van der Waals surface area contributed by atoms with Crippen LogP contribution < -0.4 is 0 Å². The van der Waals surface area contributed by atoms with Crippen molar-refractivity contribution in [2.75, 3.05) is 0 Å². The molecule has 22 heavy (non-hydrogen) atoms. The number of imidazole rings is 1. The Balaban J connectivity index is 2.21. The van der Waals surface area contributed by atoms with Crippen molar-refractivity contribution in [3.63, 3.8) is 0 Å². The van der Waals surface area contributed by atoms with Crippen molar-refractivity contribution in [2.24, 2.45) is 0 Å². The number of aromatic amines is 1. The molecule has 2 aromatic carbocycles. The van der Waals surface area contributed by atoms with Gasteiger partial charge >= 0.3 is 5.97 Å². The van der Waals surface area contributed by atoms with E-state index in [1.807, 2.05) is 6.07 Å². The number of nitrogens with one attached hydrogen (secondary N) is 1. The molecule has 1 heterocycles. The topological polar surface area (TPSA) is 66.0 Å². The molecule has 0 unspecified atom stereocenters. The molecule has 3 aromatic rings. The fourth-order valence-electron chi connectivity index (χ4n) is 2.14. The van der Waals surface area contributed by atoms with Crippen LogP contribution in [0.4, 0.5) is 4.39 Å². The van der Waals surface area contributed by atoms with Crippen LogP contribution in [0.15, 0.2) is 48.5 Å². The highest BCUT2D eigenvalue weighted by Crippen LogP contribution is 2.30. The molecular weight excluding hydrogens is 307 g/mol. The maximum absolute atomic E-state index is 14.2. The highest BCUT2D eigenvalue weighted by atomic mass is 35.5. The van der Waals surface area contributed by atoms with Crippen LogP contribution >= 0.6 is 11.6 Å². The van der Waals surface area contributed by atoms with Crippen LogP contribution in [0.1, 0.15) is 10.5 Å². The van der Waals surface area contributed by atoms with Crippen molar-refractivity contribution in [3.8, 4) is 22.6 Å². The molecule has 0 spiro atoms. The molecule has 110 valence electrons. The average Bonchev–Trinajstić information content (AvgIpc) is 2.96. The molecule has 0 bridgehead atoms. The van der Waals surface area contributed by atoms with E-state index >= 15 is 0 Å². The number of rotatable bonds is 3. The summed E-state index contributed by atoms with van der Waals surface area (Å²) in [7, 11) is 0. The Morgan fingerprint density at radius 3 is 2.55 bits per heavy atom. The molecule has 0 radical (unpaired) electrons. The number of carboxylic acid groups (broad SMARTS) is 1. The second-order valence-corrected chi connectivity index (χ2v) is 4.99. The molecule has 0 atom stereocenters. The third-order valence-electron chi connectivity index (χ3n) is 3.17. The van der Waals surface area contributed by atoms with Crippen molar-refractivity contribution in [3.05, 3.63) is 65.1 Å². The maximum Gasteiger partial charge on any atom is 0.354 e. The summed E-state index contributed by atoms with van der Waals surface area (Å²) in [5, 5.41) is 9.24. The van der Waals surface area contributed by atoms with Gasteiger partial charge in [-0.25, -0.2) is 14.2 Å². The molecule has 0 aliphatic heterocycles. The van der Waals surface area contributed by atoms with Gasteiger partial charge in [0.1, 0.15) is 11.5 Å². The second-order valence-electron chi connectivity index (χ2n) is 4.58. The third-order valence-corrected chi connectivity index (χ3v) is 3.46. The zero-order chi connectivity index (χ0) is 15.7. The highest BCUT2D eigenvalue weighted by molar-refractivity contribution is 6.31. The lowest BCUT2D eigenvalue weighted by Gasteiger charge is -2.02. The smallest absolute Gasteiger partial charge is 0.354 e. The molecule has 3 rings (SSSR count). The fourth-order valence-corrected chi connectivity index (χ4v) is 2.32. The first-order valence-corrected chi connectivity index (χ1v) is 6.79. The Labute approximate surface area is 130 Å². The van der Waals surface area contributed by atoms with Gasteiger partial charge in [-0.1, -0.05) is 48.0 Å². The van der Waals surface area contributed by atoms with Crippen LogP contribution in [-0.2, 0) is 0 Å². The Morgan fingerprint density at radius 1 is 1.14 bits per heavy atom. The van der Waals surface area contributed by atoms with E-state index < -0.39 is 11.8 Å². The molecule has 2 N–H and O–H groups in total. The van der Waals surface area contributed by atoms with E-state index in [-0.39, 0.29) is 22.0 Å². The van der Waals surface area contributed by atoms with Crippen molar-refractivity contribution in [1.29, 1.82) is 0 Å². The summed E-state index contributed by atoms with van der Waals surface area (Å²) in [6, 6.07) is 13.4. The van der Waals surface area contributed by atoms with Crippen LogP contribution in [0.2, 0.25) is 5.02 Å². The predicted molar refractivity (Wildman–Crippen MR) is 81.4 cm³/mol. The summed E-state index contributed by atoms with van der Waals surface area (Å²) in [6.45, 7) is 0. The Morgan fingerprint density at radius 2 is 1.86 bits per heavy atom. The Kier molecular flexibility index (Phi) is 3.65. The molecule has 0 fully saturated rings. The molecule has 1 aromatic heterocycles. The second kappa shape index (κ2) is 5.61. The molecule has 6 heteroatoms. The van der Waals surface area contributed by atoms with Crippen LogP contribution in [0.3, 0.4) is 0 Å². The lowest BCUT2D eigenvalue weighted by molar-refractivity contribution is 0.0692. The number of H-pyrrole nitrogens is 1. The van der Waals surface area contributed by atoms with Gasteiger partial charge in [-0.3, -0.25) is 0 Å². The average molecular weight is 317 g/mol. The number of hydrogen-bond donors (Lipinski definition) is 2. The zero-order valence-corrected chi connectivity index (χ0v) is 11.9. The van der Waals surface area contributed by atoms with Gasteiger partial charge in [0, 0.05) is 11.1 Å². The number of halogens is 2. The van der Waals surface area contributed by atoms with Gasteiger partial charge in [0.2, 0.25) is 0 Å². The maximum atomic E-state index is 14.2. The van der Waals surface area contributed by atoms with E-state index in [2.05, 4.69) is 9.97 Å². The Bertz CT molecular complexity index is 847. The van der Waals surface area contributed by atoms with E-state index in [4.69, 9.17) is 11.6 Å². The van der Waals surface area contributed by atoms with Gasteiger partial charge in [0.05, 0.1) is 5.02 Å². The quantitative estimate of drug-likeness (QED) is 0.759. The molecule has 0 aliphatic carbocycles. The number of benzene rings is 2. The molecule has 0 aliphatic rings. The van der Waals surface area contributed by atoms with Gasteiger partial charge < -0.3 is 10.1 Å². The minimum Gasteiger partial charge on any atom is -0.477 e. The standard InChI is InChI=1S/C16H10ClFN2O2/c17-11-8-4-7-10(12(11)18)13-14(16(21)22)20-15(19-13)9-5-2-1-3-6-9/h1-8H,(H,19,20)(H,21,22). The summed E-state index contributed by atoms with van der Waals surface area (Å²) < 4.78 is 14.2. The van der Waals surface area contributed by atoms with Crippen LogP contribution in [0.25, 0.3) is 22.6 Å². The monoisotopic (exact) mass is 316 g/mol. The van der Waals surface area contributed by atoms with Gasteiger partial charge in [0.25, 0.3) is 0 Å². The molecular formula is C16H10ClFN2O2. The van der Waals surface area contributed by atoms with Gasteiger partial charge in [-0.05, 0) is 12.1 Å². The zero-order valence-electron chi connectivity index (χ0n) is 11.2. The lowest BCUT2D eigenvalue weighted by Crippen LogP contribution is -2.00. The third kappa shape index (κ3) is 2.46. The predicted octanol–water partition coefficient (Wildman–Crippen LogP) is 4.23. The molecule has 0 saturated carbocycles. The minimum absolute atomic E-state index is 0.0198. The molecule has 0 amide bonds. The van der Waals surface area contributed by atoms with Gasteiger partial charge in [-0.2, -0.15) is 0 Å². The van der Waals surface area contributed by atoms with Gasteiger partial charge in [-0.15, -0.1) is 0 Å². The van der Waals surface area contributed by atoms with E-state index in [0.29, 0.717) is 11.4 Å². The minimum atomic E-state index is -1.22. The summed E-state index contributed by atoms with van der Waals surface area (Å²) in [5.41, 5.74) is 0.591.